The summed E-state index contributed by atoms with van der Waals surface area (Å²) in [6.07, 6.45) is 0. The second-order valence-electron chi connectivity index (χ2n) is 3.17. The van der Waals surface area contributed by atoms with E-state index in [0.717, 1.165) is 23.9 Å². The smallest absolute Gasteiger partial charge is 0.162 e. The monoisotopic (exact) mass is 224 g/mol. The molecule has 0 amide bonds. The van der Waals surface area contributed by atoms with Gasteiger partial charge in [0.2, 0.25) is 0 Å². The maximum atomic E-state index is 9.07. The van der Waals surface area contributed by atoms with Crippen molar-refractivity contribution >= 4 is 22.4 Å². The maximum absolute atomic E-state index is 9.07. The van der Waals surface area contributed by atoms with Gasteiger partial charge in [-0.25, -0.2) is 0 Å². The van der Waals surface area contributed by atoms with Crippen LogP contribution in [0.4, 0.5) is 10.8 Å². The van der Waals surface area contributed by atoms with E-state index in [0.29, 0.717) is 18.8 Å². The number of hydrogen-bond acceptors (Lipinski definition) is 6. The minimum atomic E-state index is 0.643. The van der Waals surface area contributed by atoms with E-state index in [-0.39, 0.29) is 0 Å². The fraction of sp³-hybridized carbons (Fsp3) is 0.556. The molecule has 0 aromatic carbocycles. The van der Waals surface area contributed by atoms with Gasteiger partial charge in [-0.15, -0.1) is 0 Å². The largest absolute Gasteiger partial charge is 0.378 e. The second-order valence-corrected chi connectivity index (χ2v) is 3.94. The fourth-order valence-corrected chi connectivity index (χ4v) is 2.25. The molecule has 6 heteroatoms. The van der Waals surface area contributed by atoms with E-state index in [9.17, 15) is 0 Å². The van der Waals surface area contributed by atoms with Crippen molar-refractivity contribution in [3.63, 3.8) is 0 Å². The highest BCUT2D eigenvalue weighted by molar-refractivity contribution is 7.10. The van der Waals surface area contributed by atoms with Crippen molar-refractivity contribution < 1.29 is 4.74 Å². The van der Waals surface area contributed by atoms with Crippen LogP contribution in [0.1, 0.15) is 5.56 Å². The Bertz CT molecular complexity index is 378. The van der Waals surface area contributed by atoms with Gasteiger partial charge < -0.3 is 15.0 Å². The van der Waals surface area contributed by atoms with Crippen LogP contribution in [0.25, 0.3) is 0 Å². The molecule has 80 valence electrons. The number of aromatic nitrogens is 1. The van der Waals surface area contributed by atoms with Crippen LogP contribution in [0.5, 0.6) is 0 Å². The first-order valence-electron chi connectivity index (χ1n) is 4.77. The number of nitrogens with one attached hydrogen (secondary N) is 1. The van der Waals surface area contributed by atoms with E-state index in [1.807, 2.05) is 0 Å². The van der Waals surface area contributed by atoms with Gasteiger partial charge in [-0.3, -0.25) is 0 Å². The fourth-order valence-electron chi connectivity index (χ4n) is 1.54. The SMILES string of the molecule is CNc1snc(N2CCOCC2)c1C#N. The van der Waals surface area contributed by atoms with E-state index in [4.69, 9.17) is 10.00 Å². The number of rotatable bonds is 2. The van der Waals surface area contributed by atoms with E-state index in [1.54, 1.807) is 7.05 Å². The number of morpholine rings is 1. The van der Waals surface area contributed by atoms with Gasteiger partial charge >= 0.3 is 0 Å². The number of hydrogen-bond donors (Lipinski definition) is 1. The third-order valence-electron chi connectivity index (χ3n) is 2.32. The molecular formula is C9H12N4OS. The molecule has 1 aliphatic rings. The Labute approximate surface area is 92.4 Å². The normalized spacial score (nSPS) is 16.1. The summed E-state index contributed by atoms with van der Waals surface area (Å²) in [4.78, 5) is 2.10. The molecule has 1 aromatic rings. The number of nitrogens with zero attached hydrogens (tertiary/aromatic N) is 3. The van der Waals surface area contributed by atoms with Crippen LogP contribution in [-0.4, -0.2) is 37.7 Å². The molecule has 2 rings (SSSR count). The van der Waals surface area contributed by atoms with Crippen molar-refractivity contribution in [1.29, 1.82) is 5.26 Å². The Kier molecular flexibility index (Phi) is 3.04. The van der Waals surface area contributed by atoms with Crippen molar-refractivity contribution in [1.82, 2.24) is 4.37 Å². The molecule has 0 radical (unpaired) electrons. The topological polar surface area (TPSA) is 61.2 Å². The average Bonchev–Trinajstić information content (AvgIpc) is 2.72. The summed E-state index contributed by atoms with van der Waals surface area (Å²) in [5, 5.41) is 12.9. The molecule has 0 unspecified atom stereocenters. The van der Waals surface area contributed by atoms with Gasteiger partial charge in [0.25, 0.3) is 0 Å². The number of anilines is 2. The van der Waals surface area contributed by atoms with Gasteiger partial charge in [0, 0.05) is 20.1 Å². The first kappa shape index (κ1) is 10.2. The Balaban J connectivity index is 2.27. The summed E-state index contributed by atoms with van der Waals surface area (Å²) in [6.45, 7) is 3.03. The zero-order valence-corrected chi connectivity index (χ0v) is 9.30. The molecule has 0 bridgehead atoms. The Morgan fingerprint density at radius 1 is 1.53 bits per heavy atom. The average molecular weight is 224 g/mol. The summed E-state index contributed by atoms with van der Waals surface area (Å²) in [5.74, 6) is 0.787. The molecule has 1 aliphatic heterocycles. The highest BCUT2D eigenvalue weighted by Gasteiger charge is 2.20. The predicted molar refractivity (Wildman–Crippen MR) is 59.4 cm³/mol. The van der Waals surface area contributed by atoms with Crippen molar-refractivity contribution in [3.05, 3.63) is 5.56 Å². The zero-order valence-electron chi connectivity index (χ0n) is 8.49. The van der Waals surface area contributed by atoms with Crippen LogP contribution in [0.3, 0.4) is 0 Å². The lowest BCUT2D eigenvalue weighted by molar-refractivity contribution is 0.122. The van der Waals surface area contributed by atoms with Crippen molar-refractivity contribution in [2.75, 3.05) is 43.6 Å². The van der Waals surface area contributed by atoms with Gasteiger partial charge in [-0.05, 0) is 11.5 Å². The molecule has 1 saturated heterocycles. The Hall–Kier alpha value is -1.32. The third kappa shape index (κ3) is 1.89. The van der Waals surface area contributed by atoms with E-state index < -0.39 is 0 Å². The van der Waals surface area contributed by atoms with Crippen LogP contribution < -0.4 is 10.2 Å². The van der Waals surface area contributed by atoms with Gasteiger partial charge in [-0.1, -0.05) is 0 Å². The minimum Gasteiger partial charge on any atom is -0.378 e. The molecule has 1 fully saturated rings. The molecule has 0 spiro atoms. The van der Waals surface area contributed by atoms with Crippen LogP contribution >= 0.6 is 11.5 Å². The van der Waals surface area contributed by atoms with Gasteiger partial charge in [-0.2, -0.15) is 9.64 Å². The van der Waals surface area contributed by atoms with Gasteiger partial charge in [0.05, 0.1) is 13.2 Å². The van der Waals surface area contributed by atoms with Crippen LogP contribution in [0.2, 0.25) is 0 Å². The molecule has 0 aliphatic carbocycles. The van der Waals surface area contributed by atoms with Crippen LogP contribution in [0, 0.1) is 11.3 Å². The lowest BCUT2D eigenvalue weighted by Gasteiger charge is -2.26. The summed E-state index contributed by atoms with van der Waals surface area (Å²) >= 11 is 1.33. The maximum Gasteiger partial charge on any atom is 0.162 e. The van der Waals surface area contributed by atoms with E-state index in [1.165, 1.54) is 11.5 Å². The molecule has 15 heavy (non-hydrogen) atoms. The summed E-state index contributed by atoms with van der Waals surface area (Å²) < 4.78 is 9.57. The summed E-state index contributed by atoms with van der Waals surface area (Å²) in [7, 11) is 1.80. The first-order valence-corrected chi connectivity index (χ1v) is 5.54. The first-order chi connectivity index (χ1) is 7.36. The lowest BCUT2D eigenvalue weighted by atomic mass is 10.3. The van der Waals surface area contributed by atoms with Crippen molar-refractivity contribution in [2.24, 2.45) is 0 Å². The van der Waals surface area contributed by atoms with Gasteiger partial charge in [0.1, 0.15) is 16.6 Å². The number of ether oxygens (including phenoxy) is 1. The van der Waals surface area contributed by atoms with Gasteiger partial charge in [0.15, 0.2) is 5.82 Å². The lowest BCUT2D eigenvalue weighted by Crippen LogP contribution is -2.36. The minimum absolute atomic E-state index is 0.643. The van der Waals surface area contributed by atoms with E-state index in [2.05, 4.69) is 20.7 Å². The standard InChI is InChI=1S/C9H12N4OS/c1-11-9-7(6-10)8(12-15-9)13-2-4-14-5-3-13/h11H,2-5H2,1H3. The highest BCUT2D eigenvalue weighted by atomic mass is 32.1. The zero-order chi connectivity index (χ0) is 10.7. The van der Waals surface area contributed by atoms with E-state index >= 15 is 0 Å². The Morgan fingerprint density at radius 2 is 2.27 bits per heavy atom. The second kappa shape index (κ2) is 4.47. The third-order valence-corrected chi connectivity index (χ3v) is 3.18. The Morgan fingerprint density at radius 3 is 2.87 bits per heavy atom. The summed E-state index contributed by atoms with van der Waals surface area (Å²) in [5.41, 5.74) is 0.643. The van der Waals surface area contributed by atoms with Crippen LogP contribution in [0.15, 0.2) is 0 Å². The van der Waals surface area contributed by atoms with Crippen LogP contribution in [-0.2, 0) is 4.74 Å². The molecule has 1 N–H and O–H groups in total. The summed E-state index contributed by atoms with van der Waals surface area (Å²) in [6, 6.07) is 2.20. The molecule has 0 atom stereocenters. The quantitative estimate of drug-likeness (QED) is 0.808. The van der Waals surface area contributed by atoms with Crippen molar-refractivity contribution in [3.8, 4) is 6.07 Å². The number of nitriles is 1. The predicted octanol–water partition coefficient (Wildman–Crippen LogP) is 0.893. The molecule has 5 nitrogen and oxygen atoms in total. The molecule has 1 aromatic heterocycles. The van der Waals surface area contributed by atoms with Crippen molar-refractivity contribution in [2.45, 2.75) is 0 Å². The molecule has 2 heterocycles. The molecular weight excluding hydrogens is 212 g/mol. The highest BCUT2D eigenvalue weighted by Crippen LogP contribution is 2.30. The molecule has 0 saturated carbocycles.